The maximum absolute atomic E-state index is 4.34. The van der Waals surface area contributed by atoms with Crippen molar-refractivity contribution in [1.82, 2.24) is 0 Å². The summed E-state index contributed by atoms with van der Waals surface area (Å²) in [5.41, 5.74) is 7.39. The molecule has 0 saturated heterocycles. The first-order valence-corrected chi connectivity index (χ1v) is 42.5. The molecule has 100 heavy (non-hydrogen) atoms. The maximum atomic E-state index is 4.34. The van der Waals surface area contributed by atoms with Gasteiger partial charge in [0.2, 0.25) is 0 Å². The second kappa shape index (κ2) is 58.6. The molecule has 0 aromatic heterocycles. The van der Waals surface area contributed by atoms with Gasteiger partial charge < -0.3 is 0 Å². The van der Waals surface area contributed by atoms with Crippen molar-refractivity contribution in [2.75, 3.05) is 0 Å². The number of hydrogen-bond donors (Lipinski definition) is 5. The Labute approximate surface area is 638 Å². The Hall–Kier alpha value is -2.50. The molecule has 10 heteroatoms. The SMILES string of the molecule is CCCCC1CCC(CCc2ccc(S)cc2)CC1.CCCCC1CCC(CCc2ccc(S)cc2)CC1.CCCCC1CCC(CCc2ccc(S)cc2)CC1.CCCCC1CCC(CCc2ccc(S)cc2)CC1.CCCCC1CCC(CCc2ccc(S)cc2)CC1.F.F.F.F.F. The van der Waals surface area contributed by atoms with Crippen LogP contribution >= 0.6 is 63.1 Å². The average molecular weight is 1480 g/mol. The summed E-state index contributed by atoms with van der Waals surface area (Å²) in [5.74, 6) is 10.1. The predicted molar refractivity (Wildman–Crippen MR) is 447 cm³/mol. The molecule has 570 valence electrons. The third-order valence-corrected chi connectivity index (χ3v) is 25.0. The minimum absolute atomic E-state index is 0. The molecule has 0 aliphatic heterocycles. The second-order valence-electron chi connectivity index (χ2n) is 31.2. The molecule has 5 aliphatic rings. The highest BCUT2D eigenvalue weighted by Gasteiger charge is 2.25. The lowest BCUT2D eigenvalue weighted by Crippen LogP contribution is -2.15. The minimum atomic E-state index is 0. The third kappa shape index (κ3) is 42.0. The molecule has 5 aliphatic carbocycles. The largest absolute Gasteiger partial charge is 0.269 e. The first kappa shape index (κ1) is 95.5. The molecule has 5 aromatic rings. The van der Waals surface area contributed by atoms with Crippen LogP contribution in [0.25, 0.3) is 0 Å². The van der Waals surface area contributed by atoms with Gasteiger partial charge in [0.05, 0.1) is 0 Å². The second-order valence-corrected chi connectivity index (χ2v) is 33.8. The van der Waals surface area contributed by atoms with E-state index in [1.165, 1.54) is 317 Å². The number of halogens is 5. The zero-order valence-electron chi connectivity index (χ0n) is 63.4. The van der Waals surface area contributed by atoms with Gasteiger partial charge in [0, 0.05) is 24.5 Å². The monoisotopic (exact) mass is 1480 g/mol. The summed E-state index contributed by atoms with van der Waals surface area (Å²) in [6.45, 7) is 11.5. The van der Waals surface area contributed by atoms with E-state index in [4.69, 9.17) is 0 Å². The van der Waals surface area contributed by atoms with Crippen LogP contribution in [0, 0.1) is 59.2 Å². The number of rotatable bonds is 30. The topological polar surface area (TPSA) is 0 Å². The van der Waals surface area contributed by atoms with Crippen LogP contribution in [0.3, 0.4) is 0 Å². The van der Waals surface area contributed by atoms with E-state index in [1.54, 1.807) is 0 Å². The van der Waals surface area contributed by atoms with Gasteiger partial charge in [-0.2, -0.15) is 0 Å². The predicted octanol–water partition coefficient (Wildman–Crippen LogP) is 30.3. The van der Waals surface area contributed by atoms with Gasteiger partial charge in [0.1, 0.15) is 0 Å². The van der Waals surface area contributed by atoms with Crippen molar-refractivity contribution < 1.29 is 23.5 Å². The van der Waals surface area contributed by atoms with Crippen LogP contribution in [0.1, 0.15) is 319 Å². The summed E-state index contributed by atoms with van der Waals surface area (Å²) >= 11 is 21.7. The Bertz CT molecular complexity index is 2190. The maximum Gasteiger partial charge on any atom is 0.00401 e. The van der Waals surface area contributed by atoms with Crippen LogP contribution < -0.4 is 0 Å². The molecule has 5 saturated carbocycles. The minimum Gasteiger partial charge on any atom is -0.269 e. The first-order valence-electron chi connectivity index (χ1n) is 40.3. The van der Waals surface area contributed by atoms with Crippen molar-refractivity contribution in [2.45, 2.75) is 348 Å². The summed E-state index contributed by atoms with van der Waals surface area (Å²) in [5, 5.41) is 0. The number of aryl methyl sites for hydroxylation is 5. The highest BCUT2D eigenvalue weighted by atomic mass is 32.1. The molecule has 5 fully saturated rings. The lowest BCUT2D eigenvalue weighted by Gasteiger charge is -2.28. The molecular weight excluding hydrogens is 1340 g/mol. The molecule has 0 amide bonds. The van der Waals surface area contributed by atoms with Gasteiger partial charge in [-0.05, 0) is 212 Å². The lowest BCUT2D eigenvalue weighted by atomic mass is 9.78. The van der Waals surface area contributed by atoms with Gasteiger partial charge >= 0.3 is 0 Å². The van der Waals surface area contributed by atoms with Crippen LogP contribution in [0.15, 0.2) is 146 Å². The standard InChI is InChI=1S/5C18H28S.5FH/c5*1-2-3-4-15-5-7-16(8-6-15)9-10-17-11-13-18(19)14-12-17;;;;;/h5*11-16,19H,2-10H2,1H3;5*1H. The molecule has 0 spiro atoms. The van der Waals surface area contributed by atoms with E-state index >= 15 is 0 Å². The Morgan fingerprint density at radius 3 is 0.410 bits per heavy atom. The fraction of sp³-hybridized carbons (Fsp3) is 0.667. The van der Waals surface area contributed by atoms with Gasteiger partial charge in [-0.25, -0.2) is 0 Å². The van der Waals surface area contributed by atoms with Crippen LogP contribution in [0.5, 0.6) is 0 Å². The third-order valence-electron chi connectivity index (χ3n) is 23.5. The van der Waals surface area contributed by atoms with E-state index in [1.807, 2.05) is 0 Å². The van der Waals surface area contributed by atoms with Gasteiger partial charge in [-0.1, -0.05) is 320 Å². The highest BCUT2D eigenvalue weighted by molar-refractivity contribution is 7.81. The summed E-state index contributed by atoms with van der Waals surface area (Å²) in [7, 11) is 0. The smallest absolute Gasteiger partial charge is 0.00401 e. The Balaban J connectivity index is 0.000000617. The van der Waals surface area contributed by atoms with Crippen molar-refractivity contribution in [3.8, 4) is 0 Å². The number of unbranched alkanes of at least 4 members (excludes halogenated alkanes) is 5. The zero-order chi connectivity index (χ0) is 67.5. The molecule has 5 aromatic carbocycles. The van der Waals surface area contributed by atoms with Crippen molar-refractivity contribution in [2.24, 2.45) is 59.2 Å². The summed E-state index contributed by atoms with van der Waals surface area (Å²) in [6.07, 6.45) is 64.1. The van der Waals surface area contributed by atoms with Crippen LogP contribution in [0.4, 0.5) is 23.5 Å². The molecule has 0 N–H and O–H groups in total. The van der Waals surface area contributed by atoms with E-state index in [0.29, 0.717) is 0 Å². The molecular formula is C90H145F5S5. The van der Waals surface area contributed by atoms with E-state index in [-0.39, 0.29) is 23.5 Å². The Kier molecular flexibility index (Phi) is 56.0. The molecule has 0 bridgehead atoms. The Morgan fingerprint density at radius 2 is 0.300 bits per heavy atom. The van der Waals surface area contributed by atoms with Crippen molar-refractivity contribution in [3.05, 3.63) is 149 Å². The normalized spacial score (nSPS) is 22.3. The number of hydrogen-bond acceptors (Lipinski definition) is 5. The quantitative estimate of drug-likeness (QED) is 0.0220. The number of benzene rings is 5. The van der Waals surface area contributed by atoms with Crippen LogP contribution in [-0.4, -0.2) is 0 Å². The molecule has 10 rings (SSSR count). The van der Waals surface area contributed by atoms with Gasteiger partial charge in [-0.15, -0.1) is 63.1 Å². The Morgan fingerprint density at radius 1 is 0.190 bits per heavy atom. The fourth-order valence-corrected chi connectivity index (χ4v) is 17.4. The fourth-order valence-electron chi connectivity index (χ4n) is 16.7. The van der Waals surface area contributed by atoms with E-state index in [2.05, 4.69) is 219 Å². The van der Waals surface area contributed by atoms with Crippen LogP contribution in [-0.2, 0) is 32.1 Å². The molecule has 0 unspecified atom stereocenters. The average Bonchev–Trinajstić information content (AvgIpc) is 1.06. The molecule has 0 nitrogen and oxygen atoms in total. The van der Waals surface area contributed by atoms with Crippen molar-refractivity contribution >= 4 is 63.1 Å². The van der Waals surface area contributed by atoms with Crippen molar-refractivity contribution in [1.29, 1.82) is 0 Å². The molecule has 0 radical (unpaired) electrons. The van der Waals surface area contributed by atoms with Gasteiger partial charge in [0.15, 0.2) is 0 Å². The zero-order valence-corrected chi connectivity index (χ0v) is 67.9. The van der Waals surface area contributed by atoms with Crippen LogP contribution in [0.2, 0.25) is 0 Å². The first-order chi connectivity index (χ1) is 46.4. The molecule has 0 heterocycles. The van der Waals surface area contributed by atoms with E-state index in [0.717, 1.165) is 83.7 Å². The highest BCUT2D eigenvalue weighted by Crippen LogP contribution is 2.39. The van der Waals surface area contributed by atoms with Crippen molar-refractivity contribution in [3.63, 3.8) is 0 Å². The van der Waals surface area contributed by atoms with Gasteiger partial charge in [0.25, 0.3) is 0 Å². The van der Waals surface area contributed by atoms with Gasteiger partial charge in [-0.3, -0.25) is 23.5 Å². The number of thiol groups is 5. The summed E-state index contributed by atoms with van der Waals surface area (Å²) in [6, 6.07) is 43.4. The lowest BCUT2D eigenvalue weighted by molar-refractivity contribution is 0.250. The van der Waals surface area contributed by atoms with E-state index in [9.17, 15) is 0 Å². The summed E-state index contributed by atoms with van der Waals surface area (Å²) < 4.78 is 0. The van der Waals surface area contributed by atoms with E-state index < -0.39 is 0 Å². The summed E-state index contributed by atoms with van der Waals surface area (Å²) in [4.78, 5) is 5.35. The molecule has 0 atom stereocenters.